The van der Waals surface area contributed by atoms with E-state index in [0.29, 0.717) is 12.5 Å². The second-order valence-corrected chi connectivity index (χ2v) is 5.39. The lowest BCUT2D eigenvalue weighted by Gasteiger charge is -2.11. The molecule has 0 bridgehead atoms. The molecule has 0 fully saturated rings. The van der Waals surface area contributed by atoms with Crippen LogP contribution in [0.25, 0.3) is 11.3 Å². The highest BCUT2D eigenvalue weighted by Crippen LogP contribution is 2.25. The highest BCUT2D eigenvalue weighted by molar-refractivity contribution is 5.58. The van der Waals surface area contributed by atoms with Gasteiger partial charge in [0.2, 0.25) is 5.95 Å². The molecule has 0 spiro atoms. The Bertz CT molecular complexity index is 825. The number of nitrogens with zero attached hydrogens (tertiary/aromatic N) is 3. The van der Waals surface area contributed by atoms with Crippen molar-refractivity contribution >= 4 is 5.95 Å². The lowest BCUT2D eigenvalue weighted by atomic mass is 10.1. The van der Waals surface area contributed by atoms with Crippen LogP contribution in [0.3, 0.4) is 0 Å². The molecule has 6 heteroatoms. The third kappa shape index (κ3) is 4.23. The maximum Gasteiger partial charge on any atom is 0.243 e. The molecule has 128 valence electrons. The van der Waals surface area contributed by atoms with Gasteiger partial charge in [-0.15, -0.1) is 5.10 Å². The number of anilines is 1. The van der Waals surface area contributed by atoms with Gasteiger partial charge in [0.25, 0.3) is 0 Å². The van der Waals surface area contributed by atoms with E-state index < -0.39 is 0 Å². The van der Waals surface area contributed by atoms with Crippen LogP contribution in [0.2, 0.25) is 0 Å². The number of ether oxygens (including phenoxy) is 2. The molecule has 3 rings (SSSR count). The van der Waals surface area contributed by atoms with E-state index in [-0.39, 0.29) is 0 Å². The Morgan fingerprint density at radius 1 is 1.00 bits per heavy atom. The summed E-state index contributed by atoms with van der Waals surface area (Å²) in [6.07, 6.45) is 2.43. The van der Waals surface area contributed by atoms with E-state index in [2.05, 4.69) is 20.5 Å². The summed E-state index contributed by atoms with van der Waals surface area (Å²) in [6.45, 7) is 0.669. The topological polar surface area (TPSA) is 69.2 Å². The van der Waals surface area contributed by atoms with E-state index in [4.69, 9.17) is 9.47 Å². The number of methoxy groups -OCH3 is 2. The average Bonchev–Trinajstić information content (AvgIpc) is 2.69. The molecule has 2 aromatic carbocycles. The summed E-state index contributed by atoms with van der Waals surface area (Å²) >= 11 is 0. The van der Waals surface area contributed by atoms with E-state index in [1.807, 2.05) is 48.5 Å². The second kappa shape index (κ2) is 8.10. The molecule has 0 aliphatic rings. The van der Waals surface area contributed by atoms with Gasteiger partial charge in [-0.1, -0.05) is 36.4 Å². The van der Waals surface area contributed by atoms with E-state index in [0.717, 1.165) is 34.7 Å². The van der Waals surface area contributed by atoms with Crippen LogP contribution in [-0.4, -0.2) is 35.9 Å². The summed E-state index contributed by atoms with van der Waals surface area (Å²) in [6, 6.07) is 15.7. The molecule has 25 heavy (non-hydrogen) atoms. The van der Waals surface area contributed by atoms with Crippen LogP contribution in [-0.2, 0) is 6.42 Å². The fraction of sp³-hybridized carbons (Fsp3) is 0.211. The number of benzene rings is 2. The molecule has 0 saturated carbocycles. The normalized spacial score (nSPS) is 10.3. The van der Waals surface area contributed by atoms with Gasteiger partial charge in [0.1, 0.15) is 11.5 Å². The Morgan fingerprint density at radius 3 is 2.60 bits per heavy atom. The van der Waals surface area contributed by atoms with Crippen molar-refractivity contribution in [1.29, 1.82) is 0 Å². The van der Waals surface area contributed by atoms with Crippen molar-refractivity contribution in [3.63, 3.8) is 0 Å². The first-order valence-electron chi connectivity index (χ1n) is 8.00. The number of hydrogen-bond acceptors (Lipinski definition) is 6. The fourth-order valence-corrected chi connectivity index (χ4v) is 2.49. The molecular formula is C19H20N4O2. The average molecular weight is 336 g/mol. The van der Waals surface area contributed by atoms with Crippen molar-refractivity contribution in [2.75, 3.05) is 26.1 Å². The molecule has 0 saturated heterocycles. The molecule has 0 atom stereocenters. The van der Waals surface area contributed by atoms with Crippen LogP contribution >= 0.6 is 0 Å². The van der Waals surface area contributed by atoms with Crippen molar-refractivity contribution in [2.45, 2.75) is 6.42 Å². The summed E-state index contributed by atoms with van der Waals surface area (Å²) in [4.78, 5) is 4.51. The Hall–Kier alpha value is -3.15. The van der Waals surface area contributed by atoms with Crippen LogP contribution in [0, 0.1) is 0 Å². The number of rotatable bonds is 7. The van der Waals surface area contributed by atoms with Crippen LogP contribution < -0.4 is 14.8 Å². The largest absolute Gasteiger partial charge is 0.497 e. The van der Waals surface area contributed by atoms with Crippen molar-refractivity contribution in [3.05, 3.63) is 60.3 Å². The monoisotopic (exact) mass is 336 g/mol. The van der Waals surface area contributed by atoms with E-state index in [1.54, 1.807) is 20.4 Å². The molecule has 0 radical (unpaired) electrons. The summed E-state index contributed by atoms with van der Waals surface area (Å²) in [5.74, 6) is 2.09. The third-order valence-corrected chi connectivity index (χ3v) is 3.80. The summed E-state index contributed by atoms with van der Waals surface area (Å²) in [5.41, 5.74) is 2.89. The van der Waals surface area contributed by atoms with E-state index in [1.165, 1.54) is 0 Å². The number of aromatic nitrogens is 3. The third-order valence-electron chi connectivity index (χ3n) is 3.80. The highest BCUT2D eigenvalue weighted by Gasteiger charge is 2.06. The van der Waals surface area contributed by atoms with Gasteiger partial charge in [-0.3, -0.25) is 0 Å². The standard InChI is InChI=1S/C19H20N4O2/c1-24-16-9-8-15(18(12-16)25-2)10-11-20-19-22-17(13-21-23-19)14-6-4-3-5-7-14/h3-9,12-13H,10-11H2,1-2H3,(H,20,22,23). The minimum Gasteiger partial charge on any atom is -0.497 e. The van der Waals surface area contributed by atoms with Gasteiger partial charge in [-0.2, -0.15) is 5.10 Å². The predicted octanol–water partition coefficient (Wildman–Crippen LogP) is 3.21. The number of hydrogen-bond donors (Lipinski definition) is 1. The van der Waals surface area contributed by atoms with Crippen LogP contribution in [0.5, 0.6) is 11.5 Å². The molecule has 3 aromatic rings. The Morgan fingerprint density at radius 2 is 1.84 bits per heavy atom. The maximum atomic E-state index is 5.42. The smallest absolute Gasteiger partial charge is 0.243 e. The molecule has 0 amide bonds. The van der Waals surface area contributed by atoms with Gasteiger partial charge in [0, 0.05) is 18.2 Å². The minimum absolute atomic E-state index is 0.508. The Balaban J connectivity index is 1.65. The van der Waals surface area contributed by atoms with Crippen LogP contribution in [0.4, 0.5) is 5.95 Å². The van der Waals surface area contributed by atoms with Gasteiger partial charge < -0.3 is 14.8 Å². The second-order valence-electron chi connectivity index (χ2n) is 5.39. The van der Waals surface area contributed by atoms with Crippen molar-refractivity contribution in [3.8, 4) is 22.8 Å². The summed E-state index contributed by atoms with van der Waals surface area (Å²) in [5, 5.41) is 11.3. The van der Waals surface area contributed by atoms with Gasteiger partial charge in [0.15, 0.2) is 0 Å². The maximum absolute atomic E-state index is 5.42. The lowest BCUT2D eigenvalue weighted by molar-refractivity contribution is 0.391. The molecule has 0 aliphatic heterocycles. The van der Waals surface area contributed by atoms with Crippen LogP contribution in [0.15, 0.2) is 54.7 Å². The number of nitrogens with one attached hydrogen (secondary N) is 1. The van der Waals surface area contributed by atoms with Gasteiger partial charge in [-0.05, 0) is 18.1 Å². The van der Waals surface area contributed by atoms with Gasteiger partial charge in [0.05, 0.1) is 26.1 Å². The van der Waals surface area contributed by atoms with Gasteiger partial charge in [-0.25, -0.2) is 4.98 Å². The summed E-state index contributed by atoms with van der Waals surface area (Å²) < 4.78 is 10.6. The molecule has 0 aliphatic carbocycles. The molecule has 6 nitrogen and oxygen atoms in total. The minimum atomic E-state index is 0.508. The zero-order chi connectivity index (χ0) is 17.5. The van der Waals surface area contributed by atoms with Crippen molar-refractivity contribution < 1.29 is 9.47 Å². The lowest BCUT2D eigenvalue weighted by Crippen LogP contribution is -2.09. The quantitative estimate of drug-likeness (QED) is 0.714. The van der Waals surface area contributed by atoms with E-state index in [9.17, 15) is 0 Å². The fourth-order valence-electron chi connectivity index (χ4n) is 2.49. The SMILES string of the molecule is COc1ccc(CCNc2nncc(-c3ccccc3)n2)c(OC)c1. The first-order chi connectivity index (χ1) is 12.3. The molecule has 1 aromatic heterocycles. The first kappa shape index (κ1) is 16.7. The highest BCUT2D eigenvalue weighted by atomic mass is 16.5. The predicted molar refractivity (Wildman–Crippen MR) is 97.0 cm³/mol. The van der Waals surface area contributed by atoms with Crippen LogP contribution in [0.1, 0.15) is 5.56 Å². The molecule has 0 unspecified atom stereocenters. The van der Waals surface area contributed by atoms with Gasteiger partial charge >= 0.3 is 0 Å². The van der Waals surface area contributed by atoms with E-state index >= 15 is 0 Å². The molecular weight excluding hydrogens is 316 g/mol. The molecule has 1 N–H and O–H groups in total. The zero-order valence-corrected chi connectivity index (χ0v) is 14.3. The van der Waals surface area contributed by atoms with Crippen molar-refractivity contribution in [1.82, 2.24) is 15.2 Å². The van der Waals surface area contributed by atoms with Crippen molar-refractivity contribution in [2.24, 2.45) is 0 Å². The Labute approximate surface area is 146 Å². The zero-order valence-electron chi connectivity index (χ0n) is 14.3. The molecule has 1 heterocycles. The first-order valence-corrected chi connectivity index (χ1v) is 8.00. The summed E-state index contributed by atoms with van der Waals surface area (Å²) in [7, 11) is 3.29. The Kier molecular flexibility index (Phi) is 5.41.